The number of nitrogens with one attached hydrogen (secondary N) is 2. The molecule has 4 heteroatoms. The minimum absolute atomic E-state index is 0.350. The Kier molecular flexibility index (Phi) is 4.90. The molecule has 0 fully saturated rings. The summed E-state index contributed by atoms with van der Waals surface area (Å²) in [6, 6.07) is 1.99. The quantitative estimate of drug-likeness (QED) is 0.667. The summed E-state index contributed by atoms with van der Waals surface area (Å²) in [6.45, 7) is 5.36. The SMILES string of the molecule is CCCNc1cncc(NCC(C)O)c1. The van der Waals surface area contributed by atoms with E-state index in [4.69, 9.17) is 5.11 Å². The van der Waals surface area contributed by atoms with Crippen LogP contribution in [0.25, 0.3) is 0 Å². The molecule has 1 aromatic heterocycles. The number of aliphatic hydroxyl groups is 1. The molecule has 0 aliphatic rings. The van der Waals surface area contributed by atoms with Crippen LogP contribution >= 0.6 is 0 Å². The topological polar surface area (TPSA) is 57.2 Å². The Hall–Kier alpha value is -1.29. The van der Waals surface area contributed by atoms with Crippen molar-refractivity contribution in [2.75, 3.05) is 23.7 Å². The average Bonchev–Trinajstić information content (AvgIpc) is 2.24. The predicted molar refractivity (Wildman–Crippen MR) is 63.2 cm³/mol. The molecular formula is C11H19N3O. The van der Waals surface area contributed by atoms with Gasteiger partial charge in [0.15, 0.2) is 0 Å². The molecule has 4 nitrogen and oxygen atoms in total. The highest BCUT2D eigenvalue weighted by Crippen LogP contribution is 2.12. The molecule has 0 saturated heterocycles. The van der Waals surface area contributed by atoms with Gasteiger partial charge in [-0.3, -0.25) is 4.98 Å². The average molecular weight is 209 g/mol. The van der Waals surface area contributed by atoms with Crippen LogP contribution in [0.4, 0.5) is 11.4 Å². The first kappa shape index (κ1) is 11.8. The van der Waals surface area contributed by atoms with Crippen LogP contribution in [0.2, 0.25) is 0 Å². The first-order valence-corrected chi connectivity index (χ1v) is 5.33. The van der Waals surface area contributed by atoms with Crippen molar-refractivity contribution in [1.82, 2.24) is 4.98 Å². The van der Waals surface area contributed by atoms with Crippen molar-refractivity contribution < 1.29 is 5.11 Å². The molecule has 0 amide bonds. The Balaban J connectivity index is 2.50. The van der Waals surface area contributed by atoms with Crippen LogP contribution in [0.3, 0.4) is 0 Å². The van der Waals surface area contributed by atoms with Crippen LogP contribution in [-0.4, -0.2) is 29.3 Å². The molecule has 1 heterocycles. The number of hydrogen-bond acceptors (Lipinski definition) is 4. The van der Waals surface area contributed by atoms with Crippen molar-refractivity contribution >= 4 is 11.4 Å². The minimum atomic E-state index is -0.350. The largest absolute Gasteiger partial charge is 0.392 e. The van der Waals surface area contributed by atoms with Crippen LogP contribution in [0.5, 0.6) is 0 Å². The van der Waals surface area contributed by atoms with Gasteiger partial charge in [-0.1, -0.05) is 6.92 Å². The number of hydrogen-bond donors (Lipinski definition) is 3. The number of aliphatic hydroxyl groups excluding tert-OH is 1. The number of nitrogens with zero attached hydrogens (tertiary/aromatic N) is 1. The van der Waals surface area contributed by atoms with E-state index in [-0.39, 0.29) is 6.10 Å². The lowest BCUT2D eigenvalue weighted by molar-refractivity contribution is 0.208. The smallest absolute Gasteiger partial charge is 0.0684 e. The van der Waals surface area contributed by atoms with E-state index in [0.717, 1.165) is 24.3 Å². The number of aromatic nitrogens is 1. The summed E-state index contributed by atoms with van der Waals surface area (Å²) in [6.07, 6.45) is 4.28. The molecule has 0 aliphatic heterocycles. The molecular weight excluding hydrogens is 190 g/mol. The maximum atomic E-state index is 9.13. The van der Waals surface area contributed by atoms with Crippen molar-refractivity contribution in [3.63, 3.8) is 0 Å². The zero-order valence-electron chi connectivity index (χ0n) is 9.33. The summed E-state index contributed by atoms with van der Waals surface area (Å²) >= 11 is 0. The summed E-state index contributed by atoms with van der Waals surface area (Å²) in [5.41, 5.74) is 1.93. The molecule has 0 spiro atoms. The van der Waals surface area contributed by atoms with Crippen molar-refractivity contribution in [1.29, 1.82) is 0 Å². The first-order chi connectivity index (χ1) is 7.22. The first-order valence-electron chi connectivity index (χ1n) is 5.33. The fourth-order valence-electron chi connectivity index (χ4n) is 1.17. The van der Waals surface area contributed by atoms with Crippen molar-refractivity contribution in [2.24, 2.45) is 0 Å². The lowest BCUT2D eigenvalue weighted by atomic mass is 10.3. The van der Waals surface area contributed by atoms with Crippen molar-refractivity contribution in [3.8, 4) is 0 Å². The molecule has 84 valence electrons. The minimum Gasteiger partial charge on any atom is -0.392 e. The number of anilines is 2. The fraction of sp³-hybridized carbons (Fsp3) is 0.545. The lowest BCUT2D eigenvalue weighted by Gasteiger charge is -2.10. The lowest BCUT2D eigenvalue weighted by Crippen LogP contribution is -2.15. The monoisotopic (exact) mass is 209 g/mol. The normalized spacial score (nSPS) is 12.2. The molecule has 0 aliphatic carbocycles. The highest BCUT2D eigenvalue weighted by molar-refractivity contribution is 5.53. The second kappa shape index (κ2) is 6.24. The van der Waals surface area contributed by atoms with E-state index in [2.05, 4.69) is 22.5 Å². The zero-order chi connectivity index (χ0) is 11.1. The van der Waals surface area contributed by atoms with Gasteiger partial charge >= 0.3 is 0 Å². The van der Waals surface area contributed by atoms with E-state index in [1.807, 2.05) is 6.07 Å². The third kappa shape index (κ3) is 4.65. The Morgan fingerprint density at radius 1 is 1.33 bits per heavy atom. The van der Waals surface area contributed by atoms with Gasteiger partial charge in [0, 0.05) is 13.1 Å². The van der Waals surface area contributed by atoms with Gasteiger partial charge in [0.2, 0.25) is 0 Å². The van der Waals surface area contributed by atoms with Gasteiger partial charge in [-0.2, -0.15) is 0 Å². The standard InChI is InChI=1S/C11H19N3O/c1-3-4-13-10-5-11(8-12-7-10)14-6-9(2)15/h5,7-9,13-15H,3-4,6H2,1-2H3. The third-order valence-corrected chi connectivity index (χ3v) is 1.92. The van der Waals surface area contributed by atoms with E-state index in [1.165, 1.54) is 0 Å². The summed E-state index contributed by atoms with van der Waals surface area (Å²) in [7, 11) is 0. The summed E-state index contributed by atoms with van der Waals surface area (Å²) in [5, 5.41) is 15.5. The zero-order valence-corrected chi connectivity index (χ0v) is 9.33. The molecule has 1 atom stereocenters. The van der Waals surface area contributed by atoms with Gasteiger partial charge in [-0.15, -0.1) is 0 Å². The summed E-state index contributed by atoms with van der Waals surface area (Å²) < 4.78 is 0. The Morgan fingerprint density at radius 2 is 2.00 bits per heavy atom. The molecule has 0 radical (unpaired) electrons. The van der Waals surface area contributed by atoms with E-state index in [1.54, 1.807) is 19.3 Å². The summed E-state index contributed by atoms with van der Waals surface area (Å²) in [5.74, 6) is 0. The molecule has 15 heavy (non-hydrogen) atoms. The van der Waals surface area contributed by atoms with Gasteiger partial charge in [0.05, 0.1) is 29.9 Å². The van der Waals surface area contributed by atoms with Gasteiger partial charge < -0.3 is 15.7 Å². The molecule has 0 saturated carbocycles. The van der Waals surface area contributed by atoms with Crippen LogP contribution in [0.15, 0.2) is 18.5 Å². The highest BCUT2D eigenvalue weighted by atomic mass is 16.3. The van der Waals surface area contributed by atoms with Crippen LogP contribution < -0.4 is 10.6 Å². The van der Waals surface area contributed by atoms with E-state index >= 15 is 0 Å². The number of rotatable bonds is 6. The van der Waals surface area contributed by atoms with Gasteiger partial charge in [0.1, 0.15) is 0 Å². The molecule has 1 unspecified atom stereocenters. The molecule has 1 aromatic rings. The van der Waals surface area contributed by atoms with Crippen molar-refractivity contribution in [2.45, 2.75) is 26.4 Å². The van der Waals surface area contributed by atoms with Gasteiger partial charge in [-0.25, -0.2) is 0 Å². The van der Waals surface area contributed by atoms with E-state index in [0.29, 0.717) is 6.54 Å². The number of pyridine rings is 1. The third-order valence-electron chi connectivity index (χ3n) is 1.92. The van der Waals surface area contributed by atoms with E-state index < -0.39 is 0 Å². The highest BCUT2D eigenvalue weighted by Gasteiger charge is 1.98. The van der Waals surface area contributed by atoms with Crippen LogP contribution in [-0.2, 0) is 0 Å². The fourth-order valence-corrected chi connectivity index (χ4v) is 1.17. The Labute approximate surface area is 90.7 Å². The van der Waals surface area contributed by atoms with Crippen molar-refractivity contribution in [3.05, 3.63) is 18.5 Å². The summed E-state index contributed by atoms with van der Waals surface area (Å²) in [4.78, 5) is 4.11. The van der Waals surface area contributed by atoms with Gasteiger partial charge in [0.25, 0.3) is 0 Å². The Bertz CT molecular complexity index is 289. The maximum absolute atomic E-state index is 9.13. The van der Waals surface area contributed by atoms with Gasteiger partial charge in [-0.05, 0) is 19.4 Å². The molecule has 0 bridgehead atoms. The second-order valence-corrected chi connectivity index (χ2v) is 3.62. The molecule has 3 N–H and O–H groups in total. The Morgan fingerprint density at radius 3 is 2.60 bits per heavy atom. The van der Waals surface area contributed by atoms with Crippen LogP contribution in [0.1, 0.15) is 20.3 Å². The van der Waals surface area contributed by atoms with Crippen LogP contribution in [0, 0.1) is 0 Å². The second-order valence-electron chi connectivity index (χ2n) is 3.62. The van der Waals surface area contributed by atoms with E-state index in [9.17, 15) is 0 Å². The maximum Gasteiger partial charge on any atom is 0.0684 e. The predicted octanol–water partition coefficient (Wildman–Crippen LogP) is 1.70. The molecule has 1 rings (SSSR count). The molecule has 0 aromatic carbocycles.